The van der Waals surface area contributed by atoms with Crippen LogP contribution in [-0.4, -0.2) is 23.6 Å². The first kappa shape index (κ1) is 19.6. The molecular formula is C23H21N3O4S. The normalized spacial score (nSPS) is 17.1. The SMILES string of the molecule is CC(NC(=O)C1CCc2sc(NC(=O)c3ccc4c(c3)OCO4)nc21)c1ccccc1. The second kappa shape index (κ2) is 8.03. The van der Waals surface area contributed by atoms with Gasteiger partial charge in [0.05, 0.1) is 17.7 Å². The number of hydrogen-bond acceptors (Lipinski definition) is 6. The van der Waals surface area contributed by atoms with Crippen molar-refractivity contribution in [3.63, 3.8) is 0 Å². The average molecular weight is 436 g/mol. The fourth-order valence-corrected chi connectivity index (χ4v) is 4.92. The molecule has 7 nitrogen and oxygen atoms in total. The lowest BCUT2D eigenvalue weighted by molar-refractivity contribution is -0.123. The van der Waals surface area contributed by atoms with Crippen LogP contribution in [0.4, 0.5) is 5.13 Å². The van der Waals surface area contributed by atoms with E-state index in [1.165, 1.54) is 11.3 Å². The number of aryl methyl sites for hydroxylation is 1. The number of ether oxygens (including phenoxy) is 2. The predicted octanol–water partition coefficient (Wildman–Crippen LogP) is 4.03. The molecule has 8 heteroatoms. The Morgan fingerprint density at radius 3 is 2.77 bits per heavy atom. The summed E-state index contributed by atoms with van der Waals surface area (Å²) in [7, 11) is 0. The maximum atomic E-state index is 12.9. The summed E-state index contributed by atoms with van der Waals surface area (Å²) in [5, 5.41) is 6.44. The number of rotatable bonds is 5. The quantitative estimate of drug-likeness (QED) is 0.632. The van der Waals surface area contributed by atoms with Gasteiger partial charge in [-0.1, -0.05) is 30.3 Å². The fraction of sp³-hybridized carbons (Fsp3) is 0.261. The minimum absolute atomic E-state index is 0.0333. The lowest BCUT2D eigenvalue weighted by Gasteiger charge is -2.17. The van der Waals surface area contributed by atoms with Crippen LogP contribution in [-0.2, 0) is 11.2 Å². The Balaban J connectivity index is 1.27. The summed E-state index contributed by atoms with van der Waals surface area (Å²) in [6, 6.07) is 14.8. The van der Waals surface area contributed by atoms with Gasteiger partial charge in [-0.25, -0.2) is 4.98 Å². The molecule has 0 radical (unpaired) electrons. The first-order valence-corrected chi connectivity index (χ1v) is 11.0. The second-order valence-electron chi connectivity index (χ2n) is 7.58. The molecule has 1 aliphatic carbocycles. The van der Waals surface area contributed by atoms with Gasteiger partial charge in [0.2, 0.25) is 12.7 Å². The van der Waals surface area contributed by atoms with Gasteiger partial charge in [-0.3, -0.25) is 14.9 Å². The van der Waals surface area contributed by atoms with E-state index in [9.17, 15) is 9.59 Å². The van der Waals surface area contributed by atoms with Crippen molar-refractivity contribution in [1.82, 2.24) is 10.3 Å². The highest BCUT2D eigenvalue weighted by Gasteiger charge is 2.33. The molecule has 2 atom stereocenters. The molecule has 2 aliphatic rings. The number of fused-ring (bicyclic) bond motifs is 2. The number of benzene rings is 2. The van der Waals surface area contributed by atoms with Crippen LogP contribution in [0.15, 0.2) is 48.5 Å². The smallest absolute Gasteiger partial charge is 0.257 e. The van der Waals surface area contributed by atoms with E-state index in [0.29, 0.717) is 22.2 Å². The van der Waals surface area contributed by atoms with Crippen molar-refractivity contribution >= 4 is 28.3 Å². The molecule has 1 aliphatic heterocycles. The van der Waals surface area contributed by atoms with Gasteiger partial charge in [-0.15, -0.1) is 11.3 Å². The van der Waals surface area contributed by atoms with Gasteiger partial charge in [-0.2, -0.15) is 0 Å². The molecule has 2 heterocycles. The Morgan fingerprint density at radius 2 is 1.94 bits per heavy atom. The first-order chi connectivity index (χ1) is 15.1. The summed E-state index contributed by atoms with van der Waals surface area (Å²) < 4.78 is 10.6. The number of thiazole rings is 1. The van der Waals surface area contributed by atoms with E-state index >= 15 is 0 Å². The van der Waals surface area contributed by atoms with Crippen LogP contribution in [0.1, 0.15) is 51.8 Å². The third-order valence-corrected chi connectivity index (χ3v) is 6.59. The van der Waals surface area contributed by atoms with Crippen molar-refractivity contribution in [1.29, 1.82) is 0 Å². The van der Waals surface area contributed by atoms with E-state index in [-0.39, 0.29) is 30.6 Å². The standard InChI is InChI=1S/C23H21N3O4S/c1-13(14-5-3-2-4-6-14)24-22(28)16-8-10-19-20(16)25-23(31-19)26-21(27)15-7-9-17-18(11-15)30-12-29-17/h2-7,9,11,13,16H,8,10,12H2,1H3,(H,24,28)(H,25,26,27). The van der Waals surface area contributed by atoms with Crippen LogP contribution in [0.3, 0.4) is 0 Å². The molecule has 31 heavy (non-hydrogen) atoms. The monoisotopic (exact) mass is 435 g/mol. The third kappa shape index (κ3) is 3.86. The zero-order valence-electron chi connectivity index (χ0n) is 16.9. The van der Waals surface area contributed by atoms with Gasteiger partial charge < -0.3 is 14.8 Å². The summed E-state index contributed by atoms with van der Waals surface area (Å²) in [4.78, 5) is 31.2. The number of amides is 2. The lowest BCUT2D eigenvalue weighted by atomic mass is 10.0. The molecule has 0 saturated heterocycles. The van der Waals surface area contributed by atoms with Crippen molar-refractivity contribution in [3.8, 4) is 11.5 Å². The number of anilines is 1. The van der Waals surface area contributed by atoms with E-state index in [1.807, 2.05) is 37.3 Å². The number of aromatic nitrogens is 1. The molecule has 3 aromatic rings. The summed E-state index contributed by atoms with van der Waals surface area (Å²) in [6.07, 6.45) is 1.52. The third-order valence-electron chi connectivity index (χ3n) is 5.55. The fourth-order valence-electron chi connectivity index (χ4n) is 3.88. The minimum Gasteiger partial charge on any atom is -0.454 e. The van der Waals surface area contributed by atoms with Crippen LogP contribution in [0, 0.1) is 0 Å². The second-order valence-corrected chi connectivity index (χ2v) is 8.67. The van der Waals surface area contributed by atoms with Gasteiger partial charge >= 0.3 is 0 Å². The molecule has 2 N–H and O–H groups in total. The molecule has 2 amide bonds. The van der Waals surface area contributed by atoms with E-state index in [0.717, 1.165) is 29.0 Å². The highest BCUT2D eigenvalue weighted by atomic mass is 32.1. The molecule has 158 valence electrons. The van der Waals surface area contributed by atoms with E-state index in [2.05, 4.69) is 15.6 Å². The average Bonchev–Trinajstić information content (AvgIpc) is 3.49. The van der Waals surface area contributed by atoms with Crippen LogP contribution in [0.5, 0.6) is 11.5 Å². The molecule has 2 unspecified atom stereocenters. The number of hydrogen-bond donors (Lipinski definition) is 2. The van der Waals surface area contributed by atoms with Crippen molar-refractivity contribution in [2.75, 3.05) is 12.1 Å². The molecule has 0 bridgehead atoms. The summed E-state index contributed by atoms with van der Waals surface area (Å²) in [5.74, 6) is 0.578. The molecule has 0 saturated carbocycles. The Hall–Kier alpha value is -3.39. The van der Waals surface area contributed by atoms with Gasteiger partial charge in [0.15, 0.2) is 16.6 Å². The Kier molecular flexibility index (Phi) is 5.07. The molecule has 1 aromatic heterocycles. The maximum Gasteiger partial charge on any atom is 0.257 e. The summed E-state index contributed by atoms with van der Waals surface area (Å²) in [5.41, 5.74) is 2.29. The van der Waals surface area contributed by atoms with Crippen molar-refractivity contribution in [3.05, 3.63) is 70.2 Å². The Bertz CT molecular complexity index is 1140. The van der Waals surface area contributed by atoms with Crippen LogP contribution in [0.25, 0.3) is 0 Å². The molecule has 2 aromatic carbocycles. The maximum absolute atomic E-state index is 12.9. The number of carbonyl (C=O) groups is 2. The number of carbonyl (C=O) groups excluding carboxylic acids is 2. The van der Waals surface area contributed by atoms with E-state index in [4.69, 9.17) is 9.47 Å². The molecule has 0 fully saturated rings. The highest BCUT2D eigenvalue weighted by molar-refractivity contribution is 7.16. The van der Waals surface area contributed by atoms with E-state index < -0.39 is 0 Å². The zero-order valence-corrected chi connectivity index (χ0v) is 17.7. The largest absolute Gasteiger partial charge is 0.454 e. The zero-order chi connectivity index (χ0) is 21.4. The van der Waals surface area contributed by atoms with Gasteiger partial charge in [0, 0.05) is 10.4 Å². The van der Waals surface area contributed by atoms with Crippen LogP contribution < -0.4 is 20.1 Å². The van der Waals surface area contributed by atoms with Crippen molar-refractivity contribution in [2.45, 2.75) is 31.7 Å². The summed E-state index contributed by atoms with van der Waals surface area (Å²) >= 11 is 1.43. The molecule has 0 spiro atoms. The van der Waals surface area contributed by atoms with Gasteiger partial charge in [-0.05, 0) is 43.5 Å². The Labute approximate surface area is 183 Å². The van der Waals surface area contributed by atoms with Gasteiger partial charge in [0.1, 0.15) is 0 Å². The van der Waals surface area contributed by atoms with Crippen LogP contribution >= 0.6 is 11.3 Å². The van der Waals surface area contributed by atoms with Crippen LogP contribution in [0.2, 0.25) is 0 Å². The van der Waals surface area contributed by atoms with Crippen molar-refractivity contribution < 1.29 is 19.1 Å². The molecule has 5 rings (SSSR count). The first-order valence-electron chi connectivity index (χ1n) is 10.1. The molecular weight excluding hydrogens is 414 g/mol. The number of nitrogens with zero attached hydrogens (tertiary/aromatic N) is 1. The summed E-state index contributed by atoms with van der Waals surface area (Å²) in [6.45, 7) is 2.13. The lowest BCUT2D eigenvalue weighted by Crippen LogP contribution is -2.31. The Morgan fingerprint density at radius 1 is 1.13 bits per heavy atom. The topological polar surface area (TPSA) is 89.6 Å². The number of nitrogens with one attached hydrogen (secondary N) is 2. The van der Waals surface area contributed by atoms with Gasteiger partial charge in [0.25, 0.3) is 5.91 Å². The minimum atomic E-state index is -0.298. The van der Waals surface area contributed by atoms with Crippen molar-refractivity contribution in [2.24, 2.45) is 0 Å². The van der Waals surface area contributed by atoms with E-state index in [1.54, 1.807) is 18.2 Å². The predicted molar refractivity (Wildman–Crippen MR) is 117 cm³/mol. The highest BCUT2D eigenvalue weighted by Crippen LogP contribution is 2.39.